The molecule has 94 valence electrons. The number of benzene rings is 1. The fourth-order valence-electron chi connectivity index (χ4n) is 2.59. The first-order chi connectivity index (χ1) is 8.65. The molecule has 0 spiro atoms. The van der Waals surface area contributed by atoms with Gasteiger partial charge in [0.25, 0.3) is 0 Å². The molecule has 0 saturated carbocycles. The van der Waals surface area contributed by atoms with Crippen molar-refractivity contribution in [1.29, 1.82) is 0 Å². The Hall–Kier alpha value is -0.840. The molecule has 1 aliphatic carbocycles. The van der Waals surface area contributed by atoms with Gasteiger partial charge in [0.05, 0.1) is 7.11 Å². The molecule has 4 heteroatoms. The summed E-state index contributed by atoms with van der Waals surface area (Å²) < 4.78 is 6.24. The van der Waals surface area contributed by atoms with Crippen LogP contribution < -0.4 is 4.74 Å². The number of aryl methyl sites for hydroxylation is 1. The first-order valence-electron chi connectivity index (χ1n) is 5.77. The molecule has 1 aromatic heterocycles. The van der Waals surface area contributed by atoms with Crippen molar-refractivity contribution in [3.8, 4) is 5.75 Å². The normalized spacial score (nSPS) is 21.9. The minimum atomic E-state index is -0.886. The molecule has 1 heterocycles. The third-order valence-electron chi connectivity index (χ3n) is 3.58. The average Bonchev–Trinajstić information content (AvgIpc) is 2.95. The van der Waals surface area contributed by atoms with E-state index in [0.29, 0.717) is 0 Å². The van der Waals surface area contributed by atoms with Crippen LogP contribution in [-0.2, 0) is 12.0 Å². The first kappa shape index (κ1) is 12.2. The summed E-state index contributed by atoms with van der Waals surface area (Å²) in [5.74, 6) is 0.792. The minimum Gasteiger partial charge on any atom is -0.497 e. The molecule has 1 N–H and O–H groups in total. The molecule has 1 unspecified atom stereocenters. The molecule has 1 aromatic carbocycles. The van der Waals surface area contributed by atoms with Gasteiger partial charge in [-0.2, -0.15) is 11.3 Å². The number of rotatable bonds is 2. The molecule has 1 atom stereocenters. The van der Waals surface area contributed by atoms with Crippen molar-refractivity contribution < 1.29 is 9.84 Å². The maximum Gasteiger partial charge on any atom is 0.119 e. The molecular weight excluding hydrogens is 312 g/mol. The maximum absolute atomic E-state index is 11.0. The van der Waals surface area contributed by atoms with E-state index in [4.69, 9.17) is 4.74 Å². The summed E-state index contributed by atoms with van der Waals surface area (Å²) in [6, 6.07) is 5.95. The summed E-state index contributed by atoms with van der Waals surface area (Å²) in [7, 11) is 1.65. The van der Waals surface area contributed by atoms with E-state index in [-0.39, 0.29) is 0 Å². The summed E-state index contributed by atoms with van der Waals surface area (Å²) in [6.45, 7) is 0. The molecule has 0 fully saturated rings. The predicted molar refractivity (Wildman–Crippen MR) is 76.3 cm³/mol. The summed E-state index contributed by atoms with van der Waals surface area (Å²) in [6.07, 6.45) is 1.63. The van der Waals surface area contributed by atoms with E-state index in [2.05, 4.69) is 15.9 Å². The number of hydrogen-bond acceptors (Lipinski definition) is 3. The second-order valence-electron chi connectivity index (χ2n) is 4.52. The Morgan fingerprint density at radius 3 is 2.83 bits per heavy atom. The van der Waals surface area contributed by atoms with Crippen molar-refractivity contribution in [3.63, 3.8) is 0 Å². The minimum absolute atomic E-state index is 0.727. The van der Waals surface area contributed by atoms with Crippen LogP contribution in [0.3, 0.4) is 0 Å². The van der Waals surface area contributed by atoms with Gasteiger partial charge in [0.15, 0.2) is 0 Å². The molecule has 0 aliphatic heterocycles. The van der Waals surface area contributed by atoms with E-state index in [1.165, 1.54) is 5.56 Å². The van der Waals surface area contributed by atoms with E-state index in [1.54, 1.807) is 18.4 Å². The fourth-order valence-corrected chi connectivity index (χ4v) is 4.28. The number of methoxy groups -OCH3 is 1. The number of hydrogen-bond donors (Lipinski definition) is 1. The number of ether oxygens (including phenoxy) is 1. The van der Waals surface area contributed by atoms with E-state index < -0.39 is 5.60 Å². The van der Waals surface area contributed by atoms with Gasteiger partial charge in [0.1, 0.15) is 11.4 Å². The third-order valence-corrected chi connectivity index (χ3v) is 5.28. The molecule has 1 aliphatic rings. The van der Waals surface area contributed by atoms with Crippen LogP contribution in [0.1, 0.15) is 23.1 Å². The number of thiophene rings is 1. The maximum atomic E-state index is 11.0. The predicted octanol–water partition coefficient (Wildman–Crippen LogP) is 3.70. The summed E-state index contributed by atoms with van der Waals surface area (Å²) in [5.41, 5.74) is 2.25. The topological polar surface area (TPSA) is 29.5 Å². The fraction of sp³-hybridized carbons (Fsp3) is 0.286. The van der Waals surface area contributed by atoms with E-state index in [9.17, 15) is 5.11 Å². The number of halogens is 1. The number of fused-ring (bicyclic) bond motifs is 1. The highest BCUT2D eigenvalue weighted by Gasteiger charge is 2.40. The molecular formula is C14H13BrO2S. The van der Waals surface area contributed by atoms with Gasteiger partial charge in [-0.3, -0.25) is 0 Å². The SMILES string of the molecule is COc1ccc2c(c1)C(O)(c1cscc1Br)CC2. The van der Waals surface area contributed by atoms with Gasteiger partial charge in [-0.05, 0) is 57.4 Å². The average molecular weight is 325 g/mol. The Kier molecular flexibility index (Phi) is 2.96. The van der Waals surface area contributed by atoms with Gasteiger partial charge in [0, 0.05) is 15.4 Å². The highest BCUT2D eigenvalue weighted by Crippen LogP contribution is 2.46. The largest absolute Gasteiger partial charge is 0.497 e. The lowest BCUT2D eigenvalue weighted by Gasteiger charge is -2.24. The van der Waals surface area contributed by atoms with Crippen LogP contribution in [0.2, 0.25) is 0 Å². The first-order valence-corrected chi connectivity index (χ1v) is 7.50. The van der Waals surface area contributed by atoms with Crippen molar-refractivity contribution in [1.82, 2.24) is 0 Å². The Labute approximate surface area is 118 Å². The highest BCUT2D eigenvalue weighted by molar-refractivity contribution is 9.10. The molecule has 0 radical (unpaired) electrons. The molecule has 3 rings (SSSR count). The van der Waals surface area contributed by atoms with E-state index in [0.717, 1.165) is 34.2 Å². The molecule has 18 heavy (non-hydrogen) atoms. The quantitative estimate of drug-likeness (QED) is 0.912. The van der Waals surface area contributed by atoms with Crippen LogP contribution in [0, 0.1) is 0 Å². The van der Waals surface area contributed by atoms with E-state index in [1.807, 2.05) is 29.0 Å². The van der Waals surface area contributed by atoms with Crippen LogP contribution in [0.25, 0.3) is 0 Å². The molecule has 0 saturated heterocycles. The van der Waals surface area contributed by atoms with Gasteiger partial charge in [-0.1, -0.05) is 6.07 Å². The lowest BCUT2D eigenvalue weighted by atomic mass is 9.90. The Bertz CT molecular complexity index is 593. The monoisotopic (exact) mass is 324 g/mol. The van der Waals surface area contributed by atoms with Crippen LogP contribution in [0.15, 0.2) is 33.4 Å². The zero-order valence-electron chi connectivity index (χ0n) is 9.94. The molecule has 0 amide bonds. The lowest BCUT2D eigenvalue weighted by Crippen LogP contribution is -2.23. The van der Waals surface area contributed by atoms with Crippen molar-refractivity contribution in [2.75, 3.05) is 7.11 Å². The Balaban J connectivity index is 2.16. The van der Waals surface area contributed by atoms with Crippen LogP contribution in [0.4, 0.5) is 0 Å². The third kappa shape index (κ3) is 1.71. The lowest BCUT2D eigenvalue weighted by molar-refractivity contribution is 0.0825. The summed E-state index contributed by atoms with van der Waals surface area (Å²) in [4.78, 5) is 0. The summed E-state index contributed by atoms with van der Waals surface area (Å²) in [5, 5.41) is 15.0. The van der Waals surface area contributed by atoms with Crippen LogP contribution >= 0.6 is 27.3 Å². The summed E-state index contributed by atoms with van der Waals surface area (Å²) >= 11 is 5.12. The highest BCUT2D eigenvalue weighted by atomic mass is 79.9. The van der Waals surface area contributed by atoms with E-state index >= 15 is 0 Å². The standard InChI is InChI=1S/C14H13BrO2S/c1-17-10-3-2-9-4-5-14(16,11(9)6-10)12-7-18-8-13(12)15/h2-3,6-8,16H,4-5H2,1H3. The van der Waals surface area contributed by atoms with Crippen molar-refractivity contribution in [2.24, 2.45) is 0 Å². The van der Waals surface area contributed by atoms with Crippen molar-refractivity contribution in [2.45, 2.75) is 18.4 Å². The van der Waals surface area contributed by atoms with Gasteiger partial charge in [-0.25, -0.2) is 0 Å². The van der Waals surface area contributed by atoms with Crippen LogP contribution in [-0.4, -0.2) is 12.2 Å². The second kappa shape index (κ2) is 4.37. The molecule has 0 bridgehead atoms. The van der Waals surface area contributed by atoms with Crippen molar-refractivity contribution >= 4 is 27.3 Å². The van der Waals surface area contributed by atoms with Crippen molar-refractivity contribution in [3.05, 3.63) is 50.1 Å². The van der Waals surface area contributed by atoms with Gasteiger partial charge < -0.3 is 9.84 Å². The Morgan fingerprint density at radius 2 is 2.17 bits per heavy atom. The second-order valence-corrected chi connectivity index (χ2v) is 6.11. The van der Waals surface area contributed by atoms with Gasteiger partial charge in [0.2, 0.25) is 0 Å². The number of aliphatic hydroxyl groups is 1. The zero-order chi connectivity index (χ0) is 12.8. The molecule has 2 nitrogen and oxygen atoms in total. The van der Waals surface area contributed by atoms with Crippen LogP contribution in [0.5, 0.6) is 5.75 Å². The molecule has 2 aromatic rings. The van der Waals surface area contributed by atoms with Gasteiger partial charge >= 0.3 is 0 Å². The smallest absolute Gasteiger partial charge is 0.119 e. The van der Waals surface area contributed by atoms with Gasteiger partial charge in [-0.15, -0.1) is 0 Å². The zero-order valence-corrected chi connectivity index (χ0v) is 12.3. The Morgan fingerprint density at radius 1 is 1.33 bits per heavy atom.